The van der Waals surface area contributed by atoms with Crippen molar-refractivity contribution in [3.8, 4) is 0 Å². The van der Waals surface area contributed by atoms with E-state index in [-0.39, 0.29) is 24.4 Å². The summed E-state index contributed by atoms with van der Waals surface area (Å²) in [5.41, 5.74) is 5.50. The molecule has 3 nitrogen and oxygen atoms in total. The van der Waals surface area contributed by atoms with Crippen LogP contribution in [-0.4, -0.2) is 17.1 Å². The van der Waals surface area contributed by atoms with E-state index in [1.165, 1.54) is 0 Å². The summed E-state index contributed by atoms with van der Waals surface area (Å²) in [4.78, 5) is 10.3. The number of nitrogens with two attached hydrogens (primary N) is 1. The normalized spacial score (nSPS) is 31.3. The van der Waals surface area contributed by atoms with Gasteiger partial charge in [-0.05, 0) is 12.8 Å². The number of hydrogen-bond acceptors (Lipinski definition) is 2. The van der Waals surface area contributed by atoms with Gasteiger partial charge in [0.1, 0.15) is 0 Å². The van der Waals surface area contributed by atoms with Gasteiger partial charge in [-0.1, -0.05) is 6.42 Å². The molecule has 10 heavy (non-hydrogen) atoms. The van der Waals surface area contributed by atoms with E-state index < -0.39 is 5.97 Å². The molecule has 0 radical (unpaired) electrons. The highest BCUT2D eigenvalue weighted by Crippen LogP contribution is 2.23. The van der Waals surface area contributed by atoms with Gasteiger partial charge in [-0.2, -0.15) is 0 Å². The van der Waals surface area contributed by atoms with Crippen molar-refractivity contribution in [1.82, 2.24) is 0 Å². The average Bonchev–Trinajstić information content (AvgIpc) is 2.13. The maximum atomic E-state index is 10.3. The largest absolute Gasteiger partial charge is 0.481 e. The average molecular weight is 166 g/mol. The first-order chi connectivity index (χ1) is 4.22. The summed E-state index contributed by atoms with van der Waals surface area (Å²) in [7, 11) is 0. The van der Waals surface area contributed by atoms with Gasteiger partial charge in [0.15, 0.2) is 0 Å². The standard InChI is InChI=1S/C6H11NO2.ClH/c7-5-3-1-2-4(5)6(8)9;/h4-5H,1-3,7H2,(H,8,9);1H/t4?,5-;/m0./s1. The minimum Gasteiger partial charge on any atom is -0.481 e. The molecule has 3 N–H and O–H groups in total. The van der Waals surface area contributed by atoms with Crippen molar-refractivity contribution in [3.05, 3.63) is 0 Å². The number of hydrogen-bond donors (Lipinski definition) is 2. The van der Waals surface area contributed by atoms with Crippen LogP contribution in [0.5, 0.6) is 0 Å². The second-order valence-electron chi connectivity index (χ2n) is 2.54. The monoisotopic (exact) mass is 165 g/mol. The van der Waals surface area contributed by atoms with Gasteiger partial charge in [0.05, 0.1) is 5.92 Å². The lowest BCUT2D eigenvalue weighted by Gasteiger charge is -2.07. The number of carboxylic acids is 1. The predicted molar refractivity (Wildman–Crippen MR) is 40.2 cm³/mol. The lowest BCUT2D eigenvalue weighted by Crippen LogP contribution is -2.30. The van der Waals surface area contributed by atoms with Crippen molar-refractivity contribution in [2.45, 2.75) is 25.3 Å². The van der Waals surface area contributed by atoms with Crippen molar-refractivity contribution in [3.63, 3.8) is 0 Å². The highest BCUT2D eigenvalue weighted by molar-refractivity contribution is 5.85. The topological polar surface area (TPSA) is 63.3 Å². The van der Waals surface area contributed by atoms with Gasteiger partial charge in [-0.3, -0.25) is 4.79 Å². The molecular formula is C6H12ClNO2. The molecule has 0 spiro atoms. The molecule has 0 amide bonds. The number of rotatable bonds is 1. The van der Waals surface area contributed by atoms with Crippen LogP contribution in [0.1, 0.15) is 19.3 Å². The molecule has 0 bridgehead atoms. The molecule has 1 aliphatic rings. The molecular weight excluding hydrogens is 154 g/mol. The Kier molecular flexibility index (Phi) is 3.68. The molecule has 0 saturated heterocycles. The summed E-state index contributed by atoms with van der Waals surface area (Å²) in [5.74, 6) is -1.01. The highest BCUT2D eigenvalue weighted by Gasteiger charge is 2.29. The van der Waals surface area contributed by atoms with Crippen molar-refractivity contribution >= 4 is 18.4 Å². The summed E-state index contributed by atoms with van der Waals surface area (Å²) >= 11 is 0. The third kappa shape index (κ3) is 1.85. The van der Waals surface area contributed by atoms with Gasteiger partial charge in [0, 0.05) is 6.04 Å². The van der Waals surface area contributed by atoms with E-state index >= 15 is 0 Å². The van der Waals surface area contributed by atoms with E-state index in [9.17, 15) is 4.79 Å². The van der Waals surface area contributed by atoms with E-state index in [4.69, 9.17) is 10.8 Å². The fourth-order valence-corrected chi connectivity index (χ4v) is 1.30. The van der Waals surface area contributed by atoms with Crippen LogP contribution in [0, 0.1) is 5.92 Å². The zero-order valence-corrected chi connectivity index (χ0v) is 6.43. The first kappa shape index (κ1) is 9.72. The number of carbonyl (C=O) groups is 1. The minimum atomic E-state index is -0.736. The third-order valence-corrected chi connectivity index (χ3v) is 1.89. The Morgan fingerprint density at radius 3 is 2.30 bits per heavy atom. The van der Waals surface area contributed by atoms with Crippen LogP contribution >= 0.6 is 12.4 Å². The van der Waals surface area contributed by atoms with E-state index in [0.29, 0.717) is 0 Å². The quantitative estimate of drug-likeness (QED) is 0.599. The van der Waals surface area contributed by atoms with E-state index in [2.05, 4.69) is 0 Å². The Hall–Kier alpha value is -0.280. The lowest BCUT2D eigenvalue weighted by atomic mass is 10.1. The first-order valence-corrected chi connectivity index (χ1v) is 3.20. The maximum absolute atomic E-state index is 10.3. The van der Waals surface area contributed by atoms with Crippen LogP contribution in [0.3, 0.4) is 0 Å². The molecule has 1 rings (SSSR count). The zero-order valence-electron chi connectivity index (χ0n) is 5.62. The maximum Gasteiger partial charge on any atom is 0.308 e. The molecule has 1 unspecified atom stereocenters. The van der Waals surface area contributed by atoms with Gasteiger partial charge in [0.25, 0.3) is 0 Å². The van der Waals surface area contributed by atoms with E-state index in [1.54, 1.807) is 0 Å². The molecule has 1 fully saturated rings. The fraction of sp³-hybridized carbons (Fsp3) is 0.833. The zero-order chi connectivity index (χ0) is 6.85. The summed E-state index contributed by atoms with van der Waals surface area (Å²) in [5, 5.41) is 8.50. The summed E-state index contributed by atoms with van der Waals surface area (Å²) < 4.78 is 0. The molecule has 60 valence electrons. The van der Waals surface area contributed by atoms with E-state index in [1.807, 2.05) is 0 Å². The second kappa shape index (κ2) is 3.78. The van der Waals surface area contributed by atoms with Crippen LogP contribution in [0.15, 0.2) is 0 Å². The molecule has 0 aromatic rings. The van der Waals surface area contributed by atoms with Gasteiger partial charge >= 0.3 is 5.97 Å². The summed E-state index contributed by atoms with van der Waals surface area (Å²) in [6, 6.07) is -0.0949. The number of halogens is 1. The molecule has 0 aromatic heterocycles. The minimum absolute atomic E-state index is 0. The molecule has 0 heterocycles. The Balaban J connectivity index is 0.000000810. The van der Waals surface area contributed by atoms with Crippen molar-refractivity contribution in [2.75, 3.05) is 0 Å². The Labute approximate surface area is 66.0 Å². The SMILES string of the molecule is Cl.N[C@H]1CCCC1C(=O)O. The van der Waals surface area contributed by atoms with Crippen LogP contribution < -0.4 is 5.73 Å². The Morgan fingerprint density at radius 1 is 1.50 bits per heavy atom. The van der Waals surface area contributed by atoms with Gasteiger partial charge in [-0.25, -0.2) is 0 Å². The number of aliphatic carboxylic acids is 1. The van der Waals surface area contributed by atoms with Crippen molar-refractivity contribution < 1.29 is 9.90 Å². The van der Waals surface area contributed by atoms with Gasteiger partial charge < -0.3 is 10.8 Å². The van der Waals surface area contributed by atoms with Crippen LogP contribution in [-0.2, 0) is 4.79 Å². The van der Waals surface area contributed by atoms with Gasteiger partial charge in [-0.15, -0.1) is 12.4 Å². The second-order valence-corrected chi connectivity index (χ2v) is 2.54. The molecule has 1 aliphatic carbocycles. The fourth-order valence-electron chi connectivity index (χ4n) is 1.30. The van der Waals surface area contributed by atoms with Crippen molar-refractivity contribution in [1.29, 1.82) is 0 Å². The summed E-state index contributed by atoms with van der Waals surface area (Å²) in [6.07, 6.45) is 2.60. The molecule has 0 aliphatic heterocycles. The third-order valence-electron chi connectivity index (χ3n) is 1.89. The van der Waals surface area contributed by atoms with Crippen molar-refractivity contribution in [2.24, 2.45) is 11.7 Å². The van der Waals surface area contributed by atoms with Gasteiger partial charge in [0.2, 0.25) is 0 Å². The van der Waals surface area contributed by atoms with Crippen LogP contribution in [0.25, 0.3) is 0 Å². The number of carboxylic acid groups (broad SMARTS) is 1. The Morgan fingerprint density at radius 2 is 2.10 bits per heavy atom. The smallest absolute Gasteiger partial charge is 0.308 e. The molecule has 4 heteroatoms. The predicted octanol–water partition coefficient (Wildman–Crippen LogP) is 0.620. The molecule has 1 saturated carbocycles. The van der Waals surface area contributed by atoms with E-state index in [0.717, 1.165) is 19.3 Å². The lowest BCUT2D eigenvalue weighted by molar-refractivity contribution is -0.141. The molecule has 2 atom stereocenters. The first-order valence-electron chi connectivity index (χ1n) is 3.20. The highest BCUT2D eigenvalue weighted by atomic mass is 35.5. The summed E-state index contributed by atoms with van der Waals surface area (Å²) in [6.45, 7) is 0. The van der Waals surface area contributed by atoms with Crippen LogP contribution in [0.2, 0.25) is 0 Å². The Bertz CT molecular complexity index is 129. The molecule has 0 aromatic carbocycles. The van der Waals surface area contributed by atoms with Crippen LogP contribution in [0.4, 0.5) is 0 Å².